The highest BCUT2D eigenvalue weighted by Crippen LogP contribution is 2.20. The summed E-state index contributed by atoms with van der Waals surface area (Å²) in [4.78, 5) is 33.1. The van der Waals surface area contributed by atoms with Crippen LogP contribution in [0.4, 0.5) is 16.3 Å². The maximum atomic E-state index is 12.8. The Kier molecular flexibility index (Phi) is 4.91. The first-order valence-electron chi connectivity index (χ1n) is 9.32. The van der Waals surface area contributed by atoms with Crippen molar-refractivity contribution in [1.29, 1.82) is 0 Å². The number of carbonyl (C=O) groups excluding carboxylic acids is 2. The van der Waals surface area contributed by atoms with Crippen LogP contribution in [-0.4, -0.2) is 54.0 Å². The van der Waals surface area contributed by atoms with Gasteiger partial charge < -0.3 is 20.4 Å². The number of benzene rings is 1. The van der Waals surface area contributed by atoms with E-state index in [-0.39, 0.29) is 11.9 Å². The number of pyridine rings is 1. The standard InChI is InChI=1S/C20H23N5O2/c26-19(25-12-10-24(11-13-25)18-6-1-2-9-21-18)15-4-3-5-17(14-15)23-20(27)22-16-7-8-16/h1-6,9,14,16H,7-8,10-13H2,(H2,22,23,27). The molecule has 1 aromatic carbocycles. The number of urea groups is 1. The summed E-state index contributed by atoms with van der Waals surface area (Å²) in [5.74, 6) is 0.930. The summed E-state index contributed by atoms with van der Waals surface area (Å²) in [5, 5.41) is 5.68. The van der Waals surface area contributed by atoms with E-state index in [1.54, 1.807) is 30.5 Å². The molecule has 140 valence electrons. The van der Waals surface area contributed by atoms with Gasteiger partial charge in [-0.15, -0.1) is 0 Å². The summed E-state index contributed by atoms with van der Waals surface area (Å²) in [5.41, 5.74) is 1.22. The van der Waals surface area contributed by atoms with Crippen LogP contribution < -0.4 is 15.5 Å². The number of anilines is 2. The highest BCUT2D eigenvalue weighted by Gasteiger charge is 2.24. The van der Waals surface area contributed by atoms with Gasteiger partial charge >= 0.3 is 6.03 Å². The Bertz CT molecular complexity index is 814. The van der Waals surface area contributed by atoms with Crippen LogP contribution in [-0.2, 0) is 0 Å². The summed E-state index contributed by atoms with van der Waals surface area (Å²) >= 11 is 0. The fourth-order valence-electron chi connectivity index (χ4n) is 3.17. The van der Waals surface area contributed by atoms with Gasteiger partial charge in [-0.1, -0.05) is 12.1 Å². The second-order valence-corrected chi connectivity index (χ2v) is 6.92. The van der Waals surface area contributed by atoms with Gasteiger partial charge in [0.05, 0.1) is 0 Å². The van der Waals surface area contributed by atoms with Crippen LogP contribution in [0.15, 0.2) is 48.7 Å². The number of nitrogens with one attached hydrogen (secondary N) is 2. The van der Waals surface area contributed by atoms with Crippen LogP contribution >= 0.6 is 0 Å². The minimum absolute atomic E-state index is 0.0121. The predicted molar refractivity (Wildman–Crippen MR) is 104 cm³/mol. The summed E-state index contributed by atoms with van der Waals surface area (Å²) in [6.45, 7) is 2.80. The van der Waals surface area contributed by atoms with E-state index in [9.17, 15) is 9.59 Å². The van der Waals surface area contributed by atoms with Crippen molar-refractivity contribution in [2.24, 2.45) is 0 Å². The van der Waals surface area contributed by atoms with Crippen molar-refractivity contribution in [2.45, 2.75) is 18.9 Å². The van der Waals surface area contributed by atoms with Crippen molar-refractivity contribution in [2.75, 3.05) is 36.4 Å². The van der Waals surface area contributed by atoms with E-state index in [2.05, 4.69) is 20.5 Å². The first-order valence-corrected chi connectivity index (χ1v) is 9.32. The summed E-state index contributed by atoms with van der Waals surface area (Å²) < 4.78 is 0. The maximum absolute atomic E-state index is 12.8. The first kappa shape index (κ1) is 17.3. The third kappa shape index (κ3) is 4.36. The lowest BCUT2D eigenvalue weighted by molar-refractivity contribution is 0.0746. The van der Waals surface area contributed by atoms with Crippen molar-refractivity contribution in [3.63, 3.8) is 0 Å². The van der Waals surface area contributed by atoms with Crippen molar-refractivity contribution in [3.8, 4) is 0 Å². The molecule has 2 aliphatic rings. The van der Waals surface area contributed by atoms with Crippen molar-refractivity contribution >= 4 is 23.4 Å². The molecule has 1 saturated heterocycles. The monoisotopic (exact) mass is 365 g/mol. The molecule has 1 aliphatic carbocycles. The lowest BCUT2D eigenvalue weighted by Gasteiger charge is -2.35. The van der Waals surface area contributed by atoms with E-state index in [0.717, 1.165) is 31.7 Å². The molecule has 0 atom stereocenters. The molecule has 7 heteroatoms. The van der Waals surface area contributed by atoms with Crippen LogP contribution in [0, 0.1) is 0 Å². The van der Waals surface area contributed by atoms with E-state index < -0.39 is 0 Å². The molecule has 3 amide bonds. The van der Waals surface area contributed by atoms with Gasteiger partial charge in [0.1, 0.15) is 5.82 Å². The summed E-state index contributed by atoms with van der Waals surface area (Å²) in [6.07, 6.45) is 3.86. The number of hydrogen-bond donors (Lipinski definition) is 2. The van der Waals surface area contributed by atoms with Crippen LogP contribution in [0.2, 0.25) is 0 Å². The molecule has 1 aliphatic heterocycles. The maximum Gasteiger partial charge on any atom is 0.319 e. The van der Waals surface area contributed by atoms with Gasteiger partial charge in [-0.2, -0.15) is 0 Å². The first-order chi connectivity index (χ1) is 13.2. The molecular weight excluding hydrogens is 342 g/mol. The Labute approximate surface area is 158 Å². The SMILES string of the molecule is O=C(Nc1cccc(C(=O)N2CCN(c3ccccn3)CC2)c1)NC1CC1. The number of piperazine rings is 1. The summed E-state index contributed by atoms with van der Waals surface area (Å²) in [7, 11) is 0. The zero-order chi connectivity index (χ0) is 18.6. The lowest BCUT2D eigenvalue weighted by Crippen LogP contribution is -2.49. The number of carbonyl (C=O) groups is 2. The molecule has 1 saturated carbocycles. The molecule has 2 heterocycles. The van der Waals surface area contributed by atoms with Gasteiger partial charge in [0.15, 0.2) is 0 Å². The number of aromatic nitrogens is 1. The second kappa shape index (κ2) is 7.65. The van der Waals surface area contributed by atoms with Gasteiger partial charge in [0, 0.05) is 49.7 Å². The Morgan fingerprint density at radius 1 is 1.00 bits per heavy atom. The normalized spacial score (nSPS) is 16.7. The van der Waals surface area contributed by atoms with Gasteiger partial charge in [0.25, 0.3) is 5.91 Å². The van der Waals surface area contributed by atoms with Crippen molar-refractivity contribution in [3.05, 3.63) is 54.2 Å². The molecule has 0 bridgehead atoms. The van der Waals surface area contributed by atoms with E-state index >= 15 is 0 Å². The highest BCUT2D eigenvalue weighted by atomic mass is 16.2. The number of rotatable bonds is 4. The minimum atomic E-state index is -0.217. The highest BCUT2D eigenvalue weighted by molar-refractivity contribution is 5.97. The van der Waals surface area contributed by atoms with E-state index in [4.69, 9.17) is 0 Å². The Hall–Kier alpha value is -3.09. The smallest absolute Gasteiger partial charge is 0.319 e. The van der Waals surface area contributed by atoms with E-state index in [1.165, 1.54) is 0 Å². The minimum Gasteiger partial charge on any atom is -0.353 e. The molecular formula is C20H23N5O2. The predicted octanol–water partition coefficient (Wildman–Crippen LogP) is 2.33. The van der Waals surface area contributed by atoms with Crippen molar-refractivity contribution < 1.29 is 9.59 Å². The molecule has 1 aromatic heterocycles. The van der Waals surface area contributed by atoms with E-state index in [1.807, 2.05) is 23.1 Å². The third-order valence-electron chi connectivity index (χ3n) is 4.82. The summed E-state index contributed by atoms with van der Waals surface area (Å²) in [6, 6.07) is 13.0. The fraction of sp³-hybridized carbons (Fsp3) is 0.350. The van der Waals surface area contributed by atoms with Crippen LogP contribution in [0.25, 0.3) is 0 Å². The van der Waals surface area contributed by atoms with E-state index in [0.29, 0.717) is 30.4 Å². The molecule has 4 rings (SSSR count). The quantitative estimate of drug-likeness (QED) is 0.872. The molecule has 2 N–H and O–H groups in total. The van der Waals surface area contributed by atoms with Crippen LogP contribution in [0.1, 0.15) is 23.2 Å². The van der Waals surface area contributed by atoms with Crippen LogP contribution in [0.5, 0.6) is 0 Å². The van der Waals surface area contributed by atoms with Gasteiger partial charge in [-0.25, -0.2) is 9.78 Å². The Morgan fingerprint density at radius 3 is 2.52 bits per heavy atom. The largest absolute Gasteiger partial charge is 0.353 e. The zero-order valence-electron chi connectivity index (χ0n) is 15.1. The van der Waals surface area contributed by atoms with Gasteiger partial charge in [0.2, 0.25) is 0 Å². The fourth-order valence-corrected chi connectivity index (χ4v) is 3.17. The van der Waals surface area contributed by atoms with Gasteiger partial charge in [-0.05, 0) is 43.2 Å². The molecule has 0 unspecified atom stereocenters. The lowest BCUT2D eigenvalue weighted by atomic mass is 10.1. The molecule has 2 aromatic rings. The molecule has 0 spiro atoms. The van der Waals surface area contributed by atoms with Crippen LogP contribution in [0.3, 0.4) is 0 Å². The Morgan fingerprint density at radius 2 is 1.81 bits per heavy atom. The third-order valence-corrected chi connectivity index (χ3v) is 4.82. The molecule has 2 fully saturated rings. The average Bonchev–Trinajstić information content (AvgIpc) is 3.52. The molecule has 0 radical (unpaired) electrons. The average molecular weight is 365 g/mol. The number of nitrogens with zero attached hydrogens (tertiary/aromatic N) is 3. The Balaban J connectivity index is 1.35. The second-order valence-electron chi connectivity index (χ2n) is 6.92. The molecule has 7 nitrogen and oxygen atoms in total. The number of hydrogen-bond acceptors (Lipinski definition) is 4. The topological polar surface area (TPSA) is 77.6 Å². The number of amides is 3. The van der Waals surface area contributed by atoms with Gasteiger partial charge in [-0.3, -0.25) is 4.79 Å². The zero-order valence-corrected chi connectivity index (χ0v) is 15.1. The molecule has 27 heavy (non-hydrogen) atoms. The van der Waals surface area contributed by atoms with Crippen molar-refractivity contribution in [1.82, 2.24) is 15.2 Å².